The van der Waals surface area contributed by atoms with E-state index in [0.717, 1.165) is 25.3 Å². The Kier molecular flexibility index (Phi) is 4.28. The summed E-state index contributed by atoms with van der Waals surface area (Å²) in [5, 5.41) is 3.20. The Labute approximate surface area is 110 Å². The van der Waals surface area contributed by atoms with Crippen LogP contribution < -0.4 is 5.32 Å². The molecule has 4 heteroatoms. The topological polar surface area (TPSA) is 41.6 Å². The standard InChI is InChI=1S/C14H26N2O2/c1-15-14(13(17)18-3)9-8-12(10-14)16(2)11-6-4-5-7-11/h11-12,15H,4-10H2,1-3H3. The van der Waals surface area contributed by atoms with Gasteiger partial charge in [-0.25, -0.2) is 0 Å². The SMILES string of the molecule is CNC1(C(=O)OC)CCC(N(C)C2CCCC2)C1. The zero-order valence-corrected chi connectivity index (χ0v) is 11.9. The second-order valence-electron chi connectivity index (χ2n) is 5.82. The van der Waals surface area contributed by atoms with Crippen molar-refractivity contribution in [2.75, 3.05) is 21.2 Å². The van der Waals surface area contributed by atoms with Gasteiger partial charge < -0.3 is 15.0 Å². The van der Waals surface area contributed by atoms with Crippen molar-refractivity contribution < 1.29 is 9.53 Å². The largest absolute Gasteiger partial charge is 0.468 e. The van der Waals surface area contributed by atoms with Gasteiger partial charge in [0.15, 0.2) is 0 Å². The third-order valence-corrected chi connectivity index (χ3v) is 5.02. The molecular formula is C14H26N2O2. The fourth-order valence-corrected chi connectivity index (χ4v) is 3.69. The molecule has 0 amide bonds. The molecular weight excluding hydrogens is 228 g/mol. The average molecular weight is 254 g/mol. The van der Waals surface area contributed by atoms with E-state index in [9.17, 15) is 4.79 Å². The summed E-state index contributed by atoms with van der Waals surface area (Å²) >= 11 is 0. The maximum absolute atomic E-state index is 12.0. The minimum absolute atomic E-state index is 0.104. The maximum atomic E-state index is 12.0. The summed E-state index contributed by atoms with van der Waals surface area (Å²) in [7, 11) is 5.58. The summed E-state index contributed by atoms with van der Waals surface area (Å²) in [5.74, 6) is -0.104. The third kappa shape index (κ3) is 2.41. The van der Waals surface area contributed by atoms with E-state index in [-0.39, 0.29) is 5.97 Å². The number of esters is 1. The molecule has 0 bridgehead atoms. The number of nitrogens with one attached hydrogen (secondary N) is 1. The Morgan fingerprint density at radius 3 is 2.50 bits per heavy atom. The van der Waals surface area contributed by atoms with Gasteiger partial charge in [-0.1, -0.05) is 12.8 Å². The lowest BCUT2D eigenvalue weighted by Gasteiger charge is -2.32. The van der Waals surface area contributed by atoms with Gasteiger partial charge in [0.1, 0.15) is 5.54 Å². The van der Waals surface area contributed by atoms with Crippen molar-refractivity contribution in [1.82, 2.24) is 10.2 Å². The first-order valence-corrected chi connectivity index (χ1v) is 7.12. The van der Waals surface area contributed by atoms with Crippen LogP contribution in [0.4, 0.5) is 0 Å². The van der Waals surface area contributed by atoms with Gasteiger partial charge in [0.25, 0.3) is 0 Å². The molecule has 0 aromatic carbocycles. The van der Waals surface area contributed by atoms with E-state index in [4.69, 9.17) is 4.74 Å². The lowest BCUT2D eigenvalue weighted by molar-refractivity contribution is -0.148. The van der Waals surface area contributed by atoms with E-state index in [1.807, 2.05) is 7.05 Å². The van der Waals surface area contributed by atoms with Crippen molar-refractivity contribution >= 4 is 5.97 Å². The molecule has 0 radical (unpaired) electrons. The van der Waals surface area contributed by atoms with E-state index in [2.05, 4.69) is 17.3 Å². The lowest BCUT2D eigenvalue weighted by Crippen LogP contribution is -2.50. The Hall–Kier alpha value is -0.610. The number of rotatable bonds is 4. The highest BCUT2D eigenvalue weighted by Crippen LogP contribution is 2.36. The van der Waals surface area contributed by atoms with Crippen LogP contribution in [0.25, 0.3) is 0 Å². The first kappa shape index (κ1) is 13.8. The highest BCUT2D eigenvalue weighted by Gasteiger charge is 2.47. The van der Waals surface area contributed by atoms with Crippen LogP contribution in [0.3, 0.4) is 0 Å². The van der Waals surface area contributed by atoms with Gasteiger partial charge in [-0.15, -0.1) is 0 Å². The van der Waals surface area contributed by atoms with Crippen molar-refractivity contribution in [2.24, 2.45) is 0 Å². The second-order valence-corrected chi connectivity index (χ2v) is 5.82. The quantitative estimate of drug-likeness (QED) is 0.773. The van der Waals surface area contributed by atoms with Crippen LogP contribution >= 0.6 is 0 Å². The Balaban J connectivity index is 1.99. The van der Waals surface area contributed by atoms with Crippen LogP contribution in [0.5, 0.6) is 0 Å². The lowest BCUT2D eigenvalue weighted by atomic mass is 9.97. The van der Waals surface area contributed by atoms with Crippen LogP contribution in [-0.2, 0) is 9.53 Å². The molecule has 1 N–H and O–H groups in total. The fraction of sp³-hybridized carbons (Fsp3) is 0.929. The van der Waals surface area contributed by atoms with Crippen molar-refractivity contribution in [3.05, 3.63) is 0 Å². The van der Waals surface area contributed by atoms with Crippen molar-refractivity contribution in [1.29, 1.82) is 0 Å². The number of likely N-dealkylation sites (N-methyl/N-ethyl adjacent to an activating group) is 1. The molecule has 2 rings (SSSR count). The normalized spacial score (nSPS) is 33.2. The molecule has 2 aliphatic carbocycles. The molecule has 4 nitrogen and oxygen atoms in total. The molecule has 0 saturated heterocycles. The highest BCUT2D eigenvalue weighted by atomic mass is 16.5. The number of carbonyl (C=O) groups excluding carboxylic acids is 1. The summed E-state index contributed by atoms with van der Waals surface area (Å²) in [6.07, 6.45) is 8.20. The number of nitrogens with zero attached hydrogens (tertiary/aromatic N) is 1. The molecule has 2 atom stereocenters. The van der Waals surface area contributed by atoms with Crippen molar-refractivity contribution in [3.63, 3.8) is 0 Å². The van der Waals surface area contributed by atoms with E-state index < -0.39 is 5.54 Å². The van der Waals surface area contributed by atoms with Crippen LogP contribution in [0.15, 0.2) is 0 Å². The van der Waals surface area contributed by atoms with Gasteiger partial charge in [-0.2, -0.15) is 0 Å². The van der Waals surface area contributed by atoms with Gasteiger partial charge in [-0.05, 0) is 46.2 Å². The molecule has 0 aromatic heterocycles. The molecule has 2 saturated carbocycles. The predicted octanol–water partition coefficient (Wildman–Crippen LogP) is 1.54. The molecule has 18 heavy (non-hydrogen) atoms. The fourth-order valence-electron chi connectivity index (χ4n) is 3.69. The van der Waals surface area contributed by atoms with Crippen molar-refractivity contribution in [3.8, 4) is 0 Å². The van der Waals surface area contributed by atoms with E-state index in [1.165, 1.54) is 32.8 Å². The summed E-state index contributed by atoms with van der Waals surface area (Å²) in [5.41, 5.74) is -0.452. The molecule has 0 aliphatic heterocycles. The zero-order valence-electron chi connectivity index (χ0n) is 11.9. The zero-order chi connectivity index (χ0) is 13.2. The number of hydrogen-bond acceptors (Lipinski definition) is 4. The Morgan fingerprint density at radius 1 is 1.28 bits per heavy atom. The molecule has 2 fully saturated rings. The highest BCUT2D eigenvalue weighted by molar-refractivity contribution is 5.81. The first-order valence-electron chi connectivity index (χ1n) is 7.12. The van der Waals surface area contributed by atoms with Gasteiger partial charge >= 0.3 is 5.97 Å². The van der Waals surface area contributed by atoms with Gasteiger partial charge in [0.2, 0.25) is 0 Å². The monoisotopic (exact) mass is 254 g/mol. The molecule has 0 spiro atoms. The number of carbonyl (C=O) groups is 1. The molecule has 0 aromatic rings. The van der Waals surface area contributed by atoms with Gasteiger partial charge in [-0.3, -0.25) is 4.79 Å². The van der Waals surface area contributed by atoms with Crippen molar-refractivity contribution in [2.45, 2.75) is 62.6 Å². The van der Waals surface area contributed by atoms with E-state index in [1.54, 1.807) is 0 Å². The summed E-state index contributed by atoms with van der Waals surface area (Å²) in [4.78, 5) is 14.5. The summed E-state index contributed by atoms with van der Waals surface area (Å²) in [6, 6.07) is 1.24. The minimum Gasteiger partial charge on any atom is -0.468 e. The van der Waals surface area contributed by atoms with Crippen LogP contribution in [0.1, 0.15) is 44.9 Å². The van der Waals surface area contributed by atoms with Gasteiger partial charge in [0, 0.05) is 12.1 Å². The number of methoxy groups -OCH3 is 1. The van der Waals surface area contributed by atoms with E-state index in [0.29, 0.717) is 6.04 Å². The van der Waals surface area contributed by atoms with Crippen LogP contribution in [0, 0.1) is 0 Å². The predicted molar refractivity (Wildman–Crippen MR) is 71.5 cm³/mol. The van der Waals surface area contributed by atoms with Crippen LogP contribution in [0.2, 0.25) is 0 Å². The first-order chi connectivity index (χ1) is 8.63. The Bertz CT molecular complexity index is 302. The maximum Gasteiger partial charge on any atom is 0.326 e. The third-order valence-electron chi connectivity index (χ3n) is 5.02. The number of ether oxygens (including phenoxy) is 1. The molecule has 0 heterocycles. The van der Waals surface area contributed by atoms with Crippen LogP contribution in [-0.4, -0.2) is 49.7 Å². The smallest absolute Gasteiger partial charge is 0.326 e. The van der Waals surface area contributed by atoms with E-state index >= 15 is 0 Å². The Morgan fingerprint density at radius 2 is 1.94 bits per heavy atom. The molecule has 2 unspecified atom stereocenters. The summed E-state index contributed by atoms with van der Waals surface area (Å²) in [6.45, 7) is 0. The second kappa shape index (κ2) is 5.57. The summed E-state index contributed by atoms with van der Waals surface area (Å²) < 4.78 is 4.96. The molecule has 2 aliphatic rings. The molecule has 104 valence electrons. The number of hydrogen-bond donors (Lipinski definition) is 1. The minimum atomic E-state index is -0.452. The van der Waals surface area contributed by atoms with Gasteiger partial charge in [0.05, 0.1) is 7.11 Å². The average Bonchev–Trinajstić information content (AvgIpc) is 3.06.